The first-order chi connectivity index (χ1) is 4.83. The summed E-state index contributed by atoms with van der Waals surface area (Å²) in [4.78, 5) is 9.18. The molecule has 0 aromatic rings. The van der Waals surface area contributed by atoms with Crippen LogP contribution in [0.1, 0.15) is 33.6 Å². The Kier molecular flexibility index (Phi) is 4.59. The smallest absolute Gasteiger partial charge is 0.242 e. The van der Waals surface area contributed by atoms with Crippen molar-refractivity contribution in [1.29, 1.82) is 0 Å². The predicted molar refractivity (Wildman–Crippen MR) is 55.6 cm³/mol. The lowest BCUT2D eigenvalue weighted by Gasteiger charge is -2.29. The first-order valence-electron chi connectivity index (χ1n) is 3.59. The zero-order chi connectivity index (χ0) is 9.12. The van der Waals surface area contributed by atoms with Gasteiger partial charge in [-0.1, -0.05) is 26.1 Å². The van der Waals surface area contributed by atoms with Crippen LogP contribution < -0.4 is 0 Å². The van der Waals surface area contributed by atoms with E-state index < -0.39 is 5.69 Å². The average molecular weight is 214 g/mol. The fourth-order valence-corrected chi connectivity index (χ4v) is 2.63. The first kappa shape index (κ1) is 11.9. The van der Waals surface area contributed by atoms with Gasteiger partial charge in [-0.3, -0.25) is 0 Å². The van der Waals surface area contributed by atoms with Crippen LogP contribution in [0.25, 0.3) is 0 Å². The van der Waals surface area contributed by atoms with Gasteiger partial charge in [-0.15, -0.1) is 0 Å². The Balaban J connectivity index is 4.20. The van der Waals surface area contributed by atoms with E-state index in [0.717, 1.165) is 12.8 Å². The van der Waals surface area contributed by atoms with Gasteiger partial charge in [-0.05, 0) is 31.6 Å². The molecule has 0 spiro atoms. The largest absolute Gasteiger partial charge is 0.338 e. The van der Waals surface area contributed by atoms with Crippen molar-refractivity contribution in [3.05, 3.63) is 0 Å². The van der Waals surface area contributed by atoms with Gasteiger partial charge in [0.1, 0.15) is 0 Å². The van der Waals surface area contributed by atoms with E-state index in [2.05, 4.69) is 24.1 Å². The molecular weight excluding hydrogens is 199 g/mol. The summed E-state index contributed by atoms with van der Waals surface area (Å²) in [6.45, 7) is 5.94. The van der Waals surface area contributed by atoms with Gasteiger partial charge >= 0.3 is 0 Å². The molecule has 1 unspecified atom stereocenters. The van der Waals surface area contributed by atoms with E-state index in [-0.39, 0.29) is 5.60 Å². The highest BCUT2D eigenvalue weighted by molar-refractivity contribution is 8.59. The van der Waals surface area contributed by atoms with Crippen molar-refractivity contribution in [2.45, 2.75) is 39.2 Å². The predicted octanol–water partition coefficient (Wildman–Crippen LogP) is 2.73. The van der Waals surface area contributed by atoms with E-state index in [1.165, 1.54) is 0 Å². The zero-order valence-corrected chi connectivity index (χ0v) is 9.68. The first-order valence-corrected chi connectivity index (χ1v) is 7.42. The maximum atomic E-state index is 9.18. The molecular formula is C6H15O2PS2. The lowest BCUT2D eigenvalue weighted by molar-refractivity contribution is 0.0867. The van der Waals surface area contributed by atoms with Crippen molar-refractivity contribution in [3.8, 4) is 0 Å². The summed E-state index contributed by atoms with van der Waals surface area (Å²) < 4.78 is 5.27. The van der Waals surface area contributed by atoms with Gasteiger partial charge in [0.25, 0.3) is 0 Å². The van der Waals surface area contributed by atoms with Crippen molar-refractivity contribution in [2.24, 2.45) is 0 Å². The van der Waals surface area contributed by atoms with Crippen molar-refractivity contribution in [2.75, 3.05) is 0 Å². The van der Waals surface area contributed by atoms with E-state index in [0.29, 0.717) is 0 Å². The Hall–Kier alpha value is 0.920. The molecule has 1 N–H and O–H groups in total. The lowest BCUT2D eigenvalue weighted by atomic mass is 10.0. The quantitative estimate of drug-likeness (QED) is 0.557. The molecule has 11 heavy (non-hydrogen) atoms. The summed E-state index contributed by atoms with van der Waals surface area (Å²) in [6, 6.07) is 0. The summed E-state index contributed by atoms with van der Waals surface area (Å²) >= 11 is 8.49. The topological polar surface area (TPSA) is 29.5 Å². The molecule has 0 aliphatic carbocycles. The molecule has 0 rings (SSSR count). The van der Waals surface area contributed by atoms with Crippen molar-refractivity contribution >= 4 is 29.7 Å². The number of thiol groups is 1. The zero-order valence-electron chi connectivity index (χ0n) is 7.07. The van der Waals surface area contributed by atoms with Crippen LogP contribution in [-0.2, 0) is 16.3 Å². The highest BCUT2D eigenvalue weighted by Gasteiger charge is 2.25. The minimum absolute atomic E-state index is 0.313. The molecule has 68 valence electrons. The maximum absolute atomic E-state index is 9.18. The molecule has 0 aliphatic rings. The number of hydrogen-bond acceptors (Lipinski definition) is 2. The van der Waals surface area contributed by atoms with E-state index in [4.69, 9.17) is 4.52 Å². The molecule has 0 aliphatic heterocycles. The highest BCUT2D eigenvalue weighted by Crippen LogP contribution is 2.52. The number of rotatable bonds is 4. The van der Waals surface area contributed by atoms with E-state index in [9.17, 15) is 4.89 Å². The van der Waals surface area contributed by atoms with Gasteiger partial charge in [0.15, 0.2) is 0 Å². The fraction of sp³-hybridized carbons (Fsp3) is 1.00. The monoisotopic (exact) mass is 214 g/mol. The second-order valence-electron chi connectivity index (χ2n) is 2.74. The van der Waals surface area contributed by atoms with Gasteiger partial charge in [-0.25, -0.2) is 0 Å². The molecule has 2 nitrogen and oxygen atoms in total. The fourth-order valence-electron chi connectivity index (χ4n) is 0.666. The standard InChI is InChI=1S/C6H15O2PS2/c1-4-6(3,5-2)8-9(7,10)11/h4-5H2,1-3H3,(H2,7,10,11). The Morgan fingerprint density at radius 2 is 1.91 bits per heavy atom. The maximum Gasteiger partial charge on any atom is 0.242 e. The Bertz CT molecular complexity index is 162. The summed E-state index contributed by atoms with van der Waals surface area (Å²) in [5.41, 5.74) is -3.11. The molecule has 0 amide bonds. The summed E-state index contributed by atoms with van der Waals surface area (Å²) in [5.74, 6) is 0. The summed E-state index contributed by atoms with van der Waals surface area (Å²) in [6.07, 6.45) is 1.67. The minimum atomic E-state index is -2.79. The third kappa shape index (κ3) is 5.21. The highest BCUT2D eigenvalue weighted by atomic mass is 32.9. The number of hydrogen-bond donors (Lipinski definition) is 2. The molecule has 5 heteroatoms. The third-order valence-electron chi connectivity index (χ3n) is 1.84. The van der Waals surface area contributed by atoms with Crippen LogP contribution in [0.15, 0.2) is 0 Å². The van der Waals surface area contributed by atoms with Crippen LogP contribution in [-0.4, -0.2) is 10.5 Å². The summed E-state index contributed by atoms with van der Waals surface area (Å²) in [7, 11) is 0. The SMILES string of the molecule is CCC(C)(CC)OP(O)(=S)S. The Morgan fingerprint density at radius 3 is 2.00 bits per heavy atom. The van der Waals surface area contributed by atoms with Crippen LogP contribution in [0.2, 0.25) is 0 Å². The second kappa shape index (κ2) is 4.24. The van der Waals surface area contributed by atoms with E-state index >= 15 is 0 Å². The van der Waals surface area contributed by atoms with Gasteiger partial charge in [0.2, 0.25) is 5.69 Å². The normalized spacial score (nSPS) is 17.9. The van der Waals surface area contributed by atoms with Crippen molar-refractivity contribution in [3.63, 3.8) is 0 Å². The molecule has 0 bridgehead atoms. The molecule has 0 aromatic carbocycles. The molecule has 1 atom stereocenters. The molecule has 0 aromatic heterocycles. The molecule has 0 saturated carbocycles. The van der Waals surface area contributed by atoms with Crippen molar-refractivity contribution in [1.82, 2.24) is 0 Å². The van der Waals surface area contributed by atoms with Crippen LogP contribution in [0.5, 0.6) is 0 Å². The molecule has 0 fully saturated rings. The molecule has 0 saturated heterocycles. The van der Waals surface area contributed by atoms with Gasteiger partial charge < -0.3 is 9.42 Å². The van der Waals surface area contributed by atoms with Crippen LogP contribution in [0.3, 0.4) is 0 Å². The van der Waals surface area contributed by atoms with Crippen LogP contribution in [0.4, 0.5) is 0 Å². The minimum Gasteiger partial charge on any atom is -0.338 e. The van der Waals surface area contributed by atoms with Crippen LogP contribution in [0, 0.1) is 0 Å². The van der Waals surface area contributed by atoms with Crippen LogP contribution >= 0.6 is 17.9 Å². The Labute approximate surface area is 78.7 Å². The van der Waals surface area contributed by atoms with E-state index in [1.54, 1.807) is 0 Å². The summed E-state index contributed by atoms with van der Waals surface area (Å²) in [5, 5.41) is 0. The van der Waals surface area contributed by atoms with Gasteiger partial charge in [0, 0.05) is 0 Å². The third-order valence-corrected chi connectivity index (χ3v) is 2.98. The van der Waals surface area contributed by atoms with Gasteiger partial charge in [-0.2, -0.15) is 0 Å². The lowest BCUT2D eigenvalue weighted by Crippen LogP contribution is -2.24. The molecule has 0 heterocycles. The second-order valence-corrected chi connectivity index (χ2v) is 7.83. The van der Waals surface area contributed by atoms with Gasteiger partial charge in [0.05, 0.1) is 5.60 Å². The average Bonchev–Trinajstić information content (AvgIpc) is 1.84. The molecule has 0 radical (unpaired) electrons. The van der Waals surface area contributed by atoms with Crippen molar-refractivity contribution < 1.29 is 9.42 Å². The Morgan fingerprint density at radius 1 is 1.55 bits per heavy atom. The van der Waals surface area contributed by atoms with E-state index in [1.807, 2.05) is 20.8 Å².